The highest BCUT2D eigenvalue weighted by Gasteiger charge is 2.26. The lowest BCUT2D eigenvalue weighted by molar-refractivity contribution is -0.130. The Labute approximate surface area is 186 Å². The smallest absolute Gasteiger partial charge is 0.387 e. The van der Waals surface area contributed by atoms with Crippen LogP contribution >= 0.6 is 11.6 Å². The zero-order chi connectivity index (χ0) is 22.8. The maximum atomic E-state index is 12.6. The number of alkyl halides is 2. The van der Waals surface area contributed by atoms with Gasteiger partial charge in [-0.05, 0) is 54.5 Å². The molecule has 166 valence electrons. The van der Waals surface area contributed by atoms with Gasteiger partial charge in [-0.25, -0.2) is 9.79 Å². The van der Waals surface area contributed by atoms with Gasteiger partial charge < -0.3 is 19.1 Å². The molecule has 2 aromatic carbocycles. The second-order valence-electron chi connectivity index (χ2n) is 6.94. The fourth-order valence-electron chi connectivity index (χ4n) is 3.42. The van der Waals surface area contributed by atoms with Crippen molar-refractivity contribution in [2.75, 3.05) is 18.6 Å². The maximum Gasteiger partial charge on any atom is 0.387 e. The highest BCUT2D eigenvalue weighted by Crippen LogP contribution is 2.38. The molecule has 0 bridgehead atoms. The van der Waals surface area contributed by atoms with Gasteiger partial charge in [-0.15, -0.1) is 0 Å². The van der Waals surface area contributed by atoms with Crippen LogP contribution in [-0.2, 0) is 14.3 Å². The van der Waals surface area contributed by atoms with E-state index >= 15 is 0 Å². The zero-order valence-electron chi connectivity index (χ0n) is 16.8. The molecule has 1 saturated heterocycles. The van der Waals surface area contributed by atoms with Crippen molar-refractivity contribution in [3.63, 3.8) is 0 Å². The minimum atomic E-state index is -3.07. The number of carbonyl (C=O) groups is 2. The molecule has 0 N–H and O–H groups in total. The summed E-state index contributed by atoms with van der Waals surface area (Å²) in [7, 11) is 1.28. The molecule has 0 radical (unpaired) electrons. The van der Waals surface area contributed by atoms with E-state index in [-0.39, 0.29) is 34.0 Å². The molecule has 7 nitrogen and oxygen atoms in total. The number of benzene rings is 2. The Bertz CT molecular complexity index is 1130. The van der Waals surface area contributed by atoms with Gasteiger partial charge in [-0.2, -0.15) is 8.78 Å². The van der Waals surface area contributed by atoms with Crippen LogP contribution in [0.4, 0.5) is 14.5 Å². The molecule has 10 heteroatoms. The first-order chi connectivity index (χ1) is 15.4. The summed E-state index contributed by atoms with van der Waals surface area (Å²) < 4.78 is 39.9. The standard InChI is InChI=1S/C22H17ClF2N2O5/c1-30-17-11-12(9-15(23)19(17)31-22(24)25)10-16-21(29)32-20(26-16)13-4-6-14(7-5-13)27-8-2-3-18(27)28/h4-7,9-11,22H,2-3,8H2,1H3/b16-10+. The van der Waals surface area contributed by atoms with E-state index in [1.165, 1.54) is 25.3 Å². The number of carbonyl (C=O) groups excluding carboxylic acids is 2. The molecule has 2 aliphatic rings. The molecule has 2 heterocycles. The molecular weight excluding hydrogens is 446 g/mol. The molecule has 4 rings (SSSR count). The molecule has 0 spiro atoms. The van der Waals surface area contributed by atoms with Crippen molar-refractivity contribution in [1.29, 1.82) is 0 Å². The maximum absolute atomic E-state index is 12.6. The quantitative estimate of drug-likeness (QED) is 0.469. The van der Waals surface area contributed by atoms with Crippen molar-refractivity contribution < 1.29 is 32.6 Å². The highest BCUT2D eigenvalue weighted by molar-refractivity contribution is 6.32. The lowest BCUT2D eigenvalue weighted by Crippen LogP contribution is -2.23. The number of amides is 1. The average molecular weight is 463 g/mol. The summed E-state index contributed by atoms with van der Waals surface area (Å²) in [5.41, 5.74) is 1.71. The van der Waals surface area contributed by atoms with E-state index in [0.717, 1.165) is 12.1 Å². The molecule has 0 atom stereocenters. The summed E-state index contributed by atoms with van der Waals surface area (Å²) in [5.74, 6) is -0.821. The van der Waals surface area contributed by atoms with Crippen LogP contribution in [0.3, 0.4) is 0 Å². The van der Waals surface area contributed by atoms with E-state index in [1.807, 2.05) is 0 Å². The Hall–Kier alpha value is -3.46. The summed E-state index contributed by atoms with van der Waals surface area (Å²) in [6.45, 7) is -2.40. The lowest BCUT2D eigenvalue weighted by Gasteiger charge is -2.15. The molecular formula is C22H17ClF2N2O5. The molecule has 0 unspecified atom stereocenters. The molecule has 32 heavy (non-hydrogen) atoms. The van der Waals surface area contributed by atoms with Gasteiger partial charge in [0.1, 0.15) is 0 Å². The number of hydrogen-bond acceptors (Lipinski definition) is 6. The fourth-order valence-corrected chi connectivity index (χ4v) is 3.69. The average Bonchev–Trinajstić information content (AvgIpc) is 3.35. The van der Waals surface area contributed by atoms with Gasteiger partial charge in [0.15, 0.2) is 17.2 Å². The van der Waals surface area contributed by atoms with Crippen LogP contribution in [0.15, 0.2) is 47.1 Å². The molecule has 0 aliphatic carbocycles. The van der Waals surface area contributed by atoms with Crippen LogP contribution < -0.4 is 14.4 Å². The van der Waals surface area contributed by atoms with Gasteiger partial charge in [-0.1, -0.05) is 11.6 Å². The van der Waals surface area contributed by atoms with Crippen molar-refractivity contribution in [2.24, 2.45) is 4.99 Å². The van der Waals surface area contributed by atoms with Crippen LogP contribution in [0.1, 0.15) is 24.0 Å². The number of anilines is 1. The minimum Gasteiger partial charge on any atom is -0.493 e. The summed E-state index contributed by atoms with van der Waals surface area (Å²) in [5, 5.41) is -0.112. The second-order valence-corrected chi connectivity index (χ2v) is 7.35. The van der Waals surface area contributed by atoms with Crippen LogP contribution in [0.5, 0.6) is 11.5 Å². The molecule has 2 aromatic rings. The Morgan fingerprint density at radius 2 is 1.97 bits per heavy atom. The zero-order valence-corrected chi connectivity index (χ0v) is 17.6. The van der Waals surface area contributed by atoms with Crippen LogP contribution in [0.2, 0.25) is 5.02 Å². The molecule has 1 amide bonds. The van der Waals surface area contributed by atoms with Crippen molar-refractivity contribution >= 4 is 41.1 Å². The number of nitrogens with zero attached hydrogens (tertiary/aromatic N) is 2. The number of aliphatic imine (C=N–C) groups is 1. The Morgan fingerprint density at radius 3 is 2.59 bits per heavy atom. The second kappa shape index (κ2) is 8.96. The first-order valence-electron chi connectivity index (χ1n) is 9.61. The predicted octanol–water partition coefficient (Wildman–Crippen LogP) is 4.42. The van der Waals surface area contributed by atoms with Gasteiger partial charge in [0.2, 0.25) is 11.8 Å². The Kier molecular flexibility index (Phi) is 6.09. The highest BCUT2D eigenvalue weighted by atomic mass is 35.5. The number of halogens is 3. The van der Waals surface area contributed by atoms with E-state index in [0.29, 0.717) is 24.1 Å². The number of ether oxygens (including phenoxy) is 3. The molecule has 0 aromatic heterocycles. The van der Waals surface area contributed by atoms with Gasteiger partial charge in [-0.3, -0.25) is 4.79 Å². The third-order valence-electron chi connectivity index (χ3n) is 4.88. The van der Waals surface area contributed by atoms with E-state index in [2.05, 4.69) is 9.73 Å². The normalized spacial score (nSPS) is 17.2. The lowest BCUT2D eigenvalue weighted by atomic mass is 10.1. The van der Waals surface area contributed by atoms with Crippen LogP contribution in [0, 0.1) is 0 Å². The number of rotatable bonds is 6. The first kappa shape index (κ1) is 21.8. The molecule has 2 aliphatic heterocycles. The van der Waals surface area contributed by atoms with E-state index in [9.17, 15) is 18.4 Å². The summed E-state index contributed by atoms with van der Waals surface area (Å²) >= 11 is 6.04. The number of hydrogen-bond donors (Lipinski definition) is 0. The monoisotopic (exact) mass is 462 g/mol. The fraction of sp³-hybridized carbons (Fsp3) is 0.227. The number of methoxy groups -OCH3 is 1. The minimum absolute atomic E-state index is 0.000514. The number of esters is 1. The third kappa shape index (κ3) is 4.43. The molecule has 0 saturated carbocycles. The third-order valence-corrected chi connectivity index (χ3v) is 5.16. The summed E-state index contributed by atoms with van der Waals surface area (Å²) in [4.78, 5) is 30.1. The first-order valence-corrected chi connectivity index (χ1v) is 9.99. The Morgan fingerprint density at radius 1 is 1.22 bits per heavy atom. The van der Waals surface area contributed by atoms with Gasteiger partial charge in [0.25, 0.3) is 0 Å². The van der Waals surface area contributed by atoms with E-state index in [4.69, 9.17) is 21.1 Å². The van der Waals surface area contributed by atoms with Gasteiger partial charge >= 0.3 is 12.6 Å². The van der Waals surface area contributed by atoms with Crippen molar-refractivity contribution in [3.05, 3.63) is 58.2 Å². The van der Waals surface area contributed by atoms with Crippen molar-refractivity contribution in [2.45, 2.75) is 19.5 Å². The van der Waals surface area contributed by atoms with E-state index < -0.39 is 12.6 Å². The van der Waals surface area contributed by atoms with Crippen molar-refractivity contribution in [3.8, 4) is 11.5 Å². The summed E-state index contributed by atoms with van der Waals surface area (Å²) in [6, 6.07) is 9.70. The molecule has 1 fully saturated rings. The van der Waals surface area contributed by atoms with E-state index in [1.54, 1.807) is 29.2 Å². The van der Waals surface area contributed by atoms with Crippen LogP contribution in [-0.4, -0.2) is 38.0 Å². The van der Waals surface area contributed by atoms with Crippen molar-refractivity contribution in [1.82, 2.24) is 0 Å². The largest absolute Gasteiger partial charge is 0.493 e. The summed E-state index contributed by atoms with van der Waals surface area (Å²) in [6.07, 6.45) is 2.75. The Balaban J connectivity index is 1.59. The predicted molar refractivity (Wildman–Crippen MR) is 113 cm³/mol. The number of cyclic esters (lactones) is 1. The van der Waals surface area contributed by atoms with Gasteiger partial charge in [0, 0.05) is 24.2 Å². The SMILES string of the molecule is COc1cc(/C=C2/N=C(c3ccc(N4CCCC4=O)cc3)OC2=O)cc(Cl)c1OC(F)F. The van der Waals surface area contributed by atoms with Gasteiger partial charge in [0.05, 0.1) is 12.1 Å². The topological polar surface area (TPSA) is 77.4 Å². The van der Waals surface area contributed by atoms with Crippen LogP contribution in [0.25, 0.3) is 6.08 Å².